The lowest BCUT2D eigenvalue weighted by Crippen LogP contribution is -2.52. The van der Waals surface area contributed by atoms with Gasteiger partial charge < -0.3 is 15.5 Å². The van der Waals surface area contributed by atoms with Crippen molar-refractivity contribution in [3.8, 4) is 0 Å². The van der Waals surface area contributed by atoms with Gasteiger partial charge in [0.15, 0.2) is 0 Å². The molecule has 0 bridgehead atoms. The van der Waals surface area contributed by atoms with Crippen LogP contribution in [0.1, 0.15) is 50.5 Å². The van der Waals surface area contributed by atoms with Crippen molar-refractivity contribution in [2.45, 2.75) is 51.0 Å². The van der Waals surface area contributed by atoms with E-state index >= 15 is 0 Å². The summed E-state index contributed by atoms with van der Waals surface area (Å²) in [5, 5.41) is 6.00. The second-order valence-corrected chi connectivity index (χ2v) is 7.36. The molecule has 3 atom stereocenters. The molecule has 25 heavy (non-hydrogen) atoms. The Kier molecular flexibility index (Phi) is 5.95. The number of amides is 3. The van der Waals surface area contributed by atoms with Crippen LogP contribution < -0.4 is 10.6 Å². The minimum atomic E-state index is 0.0318. The Labute approximate surface area is 150 Å². The average molecular weight is 343 g/mol. The highest BCUT2D eigenvalue weighted by molar-refractivity contribution is 5.79. The van der Waals surface area contributed by atoms with Crippen molar-refractivity contribution in [2.24, 2.45) is 5.92 Å². The number of hydrogen-bond acceptors (Lipinski definition) is 2. The Bertz CT molecular complexity index is 590. The van der Waals surface area contributed by atoms with E-state index in [4.69, 9.17) is 0 Å². The summed E-state index contributed by atoms with van der Waals surface area (Å²) < 4.78 is 0. The second-order valence-electron chi connectivity index (χ2n) is 7.36. The molecule has 2 heterocycles. The number of rotatable bonds is 5. The van der Waals surface area contributed by atoms with E-state index in [2.05, 4.69) is 41.8 Å². The van der Waals surface area contributed by atoms with Gasteiger partial charge >= 0.3 is 6.03 Å². The standard InChI is InChI=1S/C20H29N3O2/c1-15(16-7-3-2-4-8-16)10-11-21-20(25)23-12-6-5-9-18(23)17-13-19(24)22-14-17/h2-4,7-8,15,17-18H,5-6,9-14H2,1H3,(H,21,25)(H,22,24)/t15-,17-,18+/m1/s1. The van der Waals surface area contributed by atoms with E-state index in [0.717, 1.165) is 32.2 Å². The molecule has 2 N–H and O–H groups in total. The second kappa shape index (κ2) is 8.37. The number of carbonyl (C=O) groups excluding carboxylic acids is 2. The maximum atomic E-state index is 12.7. The molecule has 5 heteroatoms. The van der Waals surface area contributed by atoms with E-state index in [-0.39, 0.29) is 23.9 Å². The first-order chi connectivity index (χ1) is 12.1. The topological polar surface area (TPSA) is 61.4 Å². The molecular weight excluding hydrogens is 314 g/mol. The number of piperidine rings is 1. The van der Waals surface area contributed by atoms with Crippen LogP contribution in [0, 0.1) is 5.92 Å². The highest BCUT2D eigenvalue weighted by Gasteiger charge is 2.36. The van der Waals surface area contributed by atoms with E-state index in [1.54, 1.807) is 0 Å². The fourth-order valence-electron chi connectivity index (χ4n) is 4.04. The van der Waals surface area contributed by atoms with Gasteiger partial charge in [-0.25, -0.2) is 4.79 Å². The van der Waals surface area contributed by atoms with Crippen LogP contribution in [0.2, 0.25) is 0 Å². The molecule has 1 aromatic rings. The van der Waals surface area contributed by atoms with Gasteiger partial charge in [-0.3, -0.25) is 4.79 Å². The summed E-state index contributed by atoms with van der Waals surface area (Å²) in [6, 6.07) is 10.6. The van der Waals surface area contributed by atoms with Crippen molar-refractivity contribution in [1.82, 2.24) is 15.5 Å². The normalized spacial score (nSPS) is 24.7. The van der Waals surface area contributed by atoms with E-state index in [9.17, 15) is 9.59 Å². The summed E-state index contributed by atoms with van der Waals surface area (Å²) in [5.41, 5.74) is 1.31. The zero-order valence-corrected chi connectivity index (χ0v) is 15.0. The minimum absolute atomic E-state index is 0.0318. The van der Waals surface area contributed by atoms with E-state index in [1.807, 2.05) is 11.0 Å². The molecule has 1 aromatic carbocycles. The minimum Gasteiger partial charge on any atom is -0.356 e. The fourth-order valence-corrected chi connectivity index (χ4v) is 4.04. The van der Waals surface area contributed by atoms with Crippen LogP contribution in [0.25, 0.3) is 0 Å². The lowest BCUT2D eigenvalue weighted by Gasteiger charge is -2.38. The van der Waals surface area contributed by atoms with Crippen molar-refractivity contribution < 1.29 is 9.59 Å². The summed E-state index contributed by atoms with van der Waals surface area (Å²) in [4.78, 5) is 26.2. The molecule has 0 radical (unpaired) electrons. The van der Waals surface area contributed by atoms with Crippen LogP contribution >= 0.6 is 0 Å². The lowest BCUT2D eigenvalue weighted by atomic mass is 9.90. The summed E-state index contributed by atoms with van der Waals surface area (Å²) in [6.07, 6.45) is 4.69. The van der Waals surface area contributed by atoms with Crippen LogP contribution in [0.15, 0.2) is 30.3 Å². The van der Waals surface area contributed by atoms with Gasteiger partial charge in [-0.2, -0.15) is 0 Å². The fraction of sp³-hybridized carbons (Fsp3) is 0.600. The van der Waals surface area contributed by atoms with Gasteiger partial charge in [0.05, 0.1) is 0 Å². The van der Waals surface area contributed by atoms with Crippen LogP contribution in [0.4, 0.5) is 4.79 Å². The van der Waals surface area contributed by atoms with Gasteiger partial charge in [-0.15, -0.1) is 0 Å². The van der Waals surface area contributed by atoms with E-state index in [0.29, 0.717) is 25.4 Å². The van der Waals surface area contributed by atoms with Crippen molar-refractivity contribution in [3.05, 3.63) is 35.9 Å². The Morgan fingerprint density at radius 2 is 2.12 bits per heavy atom. The van der Waals surface area contributed by atoms with Crippen LogP contribution in [-0.4, -0.2) is 42.5 Å². The van der Waals surface area contributed by atoms with Crippen LogP contribution in [-0.2, 0) is 4.79 Å². The van der Waals surface area contributed by atoms with Crippen molar-refractivity contribution in [1.29, 1.82) is 0 Å². The molecule has 136 valence electrons. The summed E-state index contributed by atoms with van der Waals surface area (Å²) >= 11 is 0. The molecule has 3 rings (SSSR count). The zero-order chi connectivity index (χ0) is 17.6. The smallest absolute Gasteiger partial charge is 0.317 e. The van der Waals surface area contributed by atoms with Crippen molar-refractivity contribution in [2.75, 3.05) is 19.6 Å². The van der Waals surface area contributed by atoms with Gasteiger partial charge in [0, 0.05) is 38.0 Å². The van der Waals surface area contributed by atoms with E-state index < -0.39 is 0 Å². The van der Waals surface area contributed by atoms with Gasteiger partial charge in [-0.05, 0) is 37.2 Å². The number of hydrogen-bond donors (Lipinski definition) is 2. The predicted molar refractivity (Wildman–Crippen MR) is 98.3 cm³/mol. The zero-order valence-electron chi connectivity index (χ0n) is 15.0. The quantitative estimate of drug-likeness (QED) is 0.863. The average Bonchev–Trinajstić information content (AvgIpc) is 3.08. The van der Waals surface area contributed by atoms with Gasteiger partial charge in [0.2, 0.25) is 5.91 Å². The molecule has 0 saturated carbocycles. The third kappa shape index (κ3) is 4.53. The number of nitrogens with one attached hydrogen (secondary N) is 2. The molecule has 0 unspecified atom stereocenters. The van der Waals surface area contributed by atoms with Gasteiger partial charge in [-0.1, -0.05) is 37.3 Å². The molecule has 2 aliphatic rings. The lowest BCUT2D eigenvalue weighted by molar-refractivity contribution is -0.119. The predicted octanol–water partition coefficient (Wildman–Crippen LogP) is 2.88. The van der Waals surface area contributed by atoms with Gasteiger partial charge in [0.1, 0.15) is 0 Å². The number of urea groups is 1. The highest BCUT2D eigenvalue weighted by atomic mass is 16.2. The molecule has 0 spiro atoms. The monoisotopic (exact) mass is 343 g/mol. The van der Waals surface area contributed by atoms with E-state index in [1.165, 1.54) is 5.56 Å². The van der Waals surface area contributed by atoms with Gasteiger partial charge in [0.25, 0.3) is 0 Å². The third-order valence-electron chi connectivity index (χ3n) is 5.59. The Morgan fingerprint density at radius 1 is 1.32 bits per heavy atom. The third-order valence-corrected chi connectivity index (χ3v) is 5.59. The van der Waals surface area contributed by atoms with Crippen LogP contribution in [0.5, 0.6) is 0 Å². The molecule has 2 aliphatic heterocycles. The molecule has 2 saturated heterocycles. The SMILES string of the molecule is C[C@H](CCNC(=O)N1CCCC[C@H]1[C@H]1CNC(=O)C1)c1ccccc1. The molecule has 0 aromatic heterocycles. The largest absolute Gasteiger partial charge is 0.356 e. The number of benzene rings is 1. The molecule has 5 nitrogen and oxygen atoms in total. The number of carbonyl (C=O) groups is 2. The summed E-state index contributed by atoms with van der Waals surface area (Å²) in [6.45, 7) is 4.38. The first-order valence-corrected chi connectivity index (χ1v) is 9.51. The number of likely N-dealkylation sites (tertiary alicyclic amines) is 1. The molecule has 3 amide bonds. The molecular formula is C20H29N3O2. The Balaban J connectivity index is 1.50. The Hall–Kier alpha value is -2.04. The first kappa shape index (κ1) is 17.8. The summed E-state index contributed by atoms with van der Waals surface area (Å²) in [5.74, 6) is 0.810. The highest BCUT2D eigenvalue weighted by Crippen LogP contribution is 2.27. The first-order valence-electron chi connectivity index (χ1n) is 9.51. The molecule has 2 fully saturated rings. The number of nitrogens with zero attached hydrogens (tertiary/aromatic N) is 1. The Morgan fingerprint density at radius 3 is 2.84 bits per heavy atom. The maximum absolute atomic E-state index is 12.7. The van der Waals surface area contributed by atoms with Crippen molar-refractivity contribution >= 4 is 11.9 Å². The maximum Gasteiger partial charge on any atom is 0.317 e. The summed E-state index contributed by atoms with van der Waals surface area (Å²) in [7, 11) is 0. The molecule has 0 aliphatic carbocycles. The van der Waals surface area contributed by atoms with Crippen LogP contribution in [0.3, 0.4) is 0 Å². The van der Waals surface area contributed by atoms with Crippen molar-refractivity contribution in [3.63, 3.8) is 0 Å².